The third-order valence-corrected chi connectivity index (χ3v) is 7.11. The van der Waals surface area contributed by atoms with Crippen LogP contribution in [0.5, 0.6) is 0 Å². The van der Waals surface area contributed by atoms with Crippen molar-refractivity contribution >= 4 is 29.2 Å². The van der Waals surface area contributed by atoms with Crippen LogP contribution >= 0.6 is 0 Å². The number of carbonyl (C=O) groups is 2. The molecule has 14 heteroatoms. The van der Waals surface area contributed by atoms with E-state index in [1.807, 2.05) is 0 Å². The van der Waals surface area contributed by atoms with Gasteiger partial charge < -0.3 is 31.9 Å². The molecule has 1 saturated heterocycles. The molecule has 0 radical (unpaired) electrons. The van der Waals surface area contributed by atoms with Gasteiger partial charge in [0.1, 0.15) is 5.54 Å². The normalized spacial score (nSPS) is 23.9. The summed E-state index contributed by atoms with van der Waals surface area (Å²) >= 11 is 0. The average Bonchev–Trinajstić information content (AvgIpc) is 2.97. The van der Waals surface area contributed by atoms with Crippen LogP contribution in [0.2, 0.25) is 6.32 Å². The second kappa shape index (κ2) is 10.7. The van der Waals surface area contributed by atoms with Crippen molar-refractivity contribution < 1.29 is 33.2 Å². The molecule has 0 aromatic heterocycles. The first-order valence-electron chi connectivity index (χ1n) is 9.53. The van der Waals surface area contributed by atoms with Gasteiger partial charge in [0, 0.05) is 38.6 Å². The minimum Gasteiger partial charge on any atom is -0.480 e. The van der Waals surface area contributed by atoms with Crippen LogP contribution in [0.25, 0.3) is 0 Å². The molecule has 0 aromatic rings. The predicted octanol–water partition coefficient (Wildman–Crippen LogP) is -3.02. The Balaban J connectivity index is 2.87. The lowest BCUT2D eigenvalue weighted by Crippen LogP contribution is -2.55. The number of nitrogens with zero attached hydrogens (tertiary/aromatic N) is 2. The molecular weight excluding hydrogens is 405 g/mol. The summed E-state index contributed by atoms with van der Waals surface area (Å²) in [6.07, 6.45) is 0.575. The van der Waals surface area contributed by atoms with E-state index in [1.165, 1.54) is 6.92 Å². The molecule has 0 bridgehead atoms. The van der Waals surface area contributed by atoms with Crippen LogP contribution in [0, 0.1) is 5.92 Å². The maximum absolute atomic E-state index is 13.0. The summed E-state index contributed by atoms with van der Waals surface area (Å²) in [6, 6.07) is -0.716. The highest BCUT2D eigenvalue weighted by Crippen LogP contribution is 2.32. The Morgan fingerprint density at radius 3 is 2.52 bits per heavy atom. The van der Waals surface area contributed by atoms with Crippen LogP contribution in [0.4, 0.5) is 0 Å². The maximum Gasteiger partial charge on any atom is 0.451 e. The molecule has 29 heavy (non-hydrogen) atoms. The fraction of sp³-hybridized carbons (Fsp3) is 0.867. The molecule has 1 heterocycles. The van der Waals surface area contributed by atoms with Crippen LogP contribution in [-0.2, 0) is 19.8 Å². The average molecular weight is 437 g/mol. The van der Waals surface area contributed by atoms with Gasteiger partial charge in [-0.25, -0.2) is 0 Å². The maximum atomic E-state index is 13.0. The molecule has 1 aliphatic heterocycles. The highest BCUT2D eigenvalue weighted by atomic mass is 32.2. The summed E-state index contributed by atoms with van der Waals surface area (Å²) in [5.41, 5.74) is 9.73. The number of carbonyl (C=O) groups excluding carboxylic acids is 1. The zero-order chi connectivity index (χ0) is 22.4. The monoisotopic (exact) mass is 437 g/mol. The second-order valence-electron chi connectivity index (χ2n) is 7.33. The first-order chi connectivity index (χ1) is 13.4. The van der Waals surface area contributed by atoms with Crippen molar-refractivity contribution in [2.24, 2.45) is 17.4 Å². The Bertz CT molecular complexity index is 678. The molecule has 0 saturated carbocycles. The van der Waals surface area contributed by atoms with Crippen molar-refractivity contribution in [3.05, 3.63) is 0 Å². The van der Waals surface area contributed by atoms with Crippen LogP contribution in [-0.4, -0.2) is 95.5 Å². The van der Waals surface area contributed by atoms with Gasteiger partial charge in [0.25, 0.3) is 10.2 Å². The fourth-order valence-corrected chi connectivity index (χ4v) is 4.99. The highest BCUT2D eigenvalue weighted by Gasteiger charge is 2.53. The predicted molar refractivity (Wildman–Crippen MR) is 107 cm³/mol. The van der Waals surface area contributed by atoms with E-state index in [0.717, 1.165) is 8.61 Å². The van der Waals surface area contributed by atoms with E-state index in [2.05, 4.69) is 5.32 Å². The van der Waals surface area contributed by atoms with E-state index in [-0.39, 0.29) is 45.5 Å². The van der Waals surface area contributed by atoms with Gasteiger partial charge in [-0.15, -0.1) is 0 Å². The quantitative estimate of drug-likeness (QED) is 0.172. The summed E-state index contributed by atoms with van der Waals surface area (Å²) in [5.74, 6) is -2.39. The van der Waals surface area contributed by atoms with Crippen LogP contribution in [0.1, 0.15) is 26.7 Å². The van der Waals surface area contributed by atoms with Gasteiger partial charge in [0.2, 0.25) is 5.91 Å². The fourth-order valence-electron chi connectivity index (χ4n) is 3.27. The van der Waals surface area contributed by atoms with Gasteiger partial charge in [0.15, 0.2) is 0 Å². The number of nitrogens with one attached hydrogen (secondary N) is 1. The number of hydrogen-bond acceptors (Lipinski definition) is 8. The molecule has 0 aliphatic carbocycles. The highest BCUT2D eigenvalue weighted by molar-refractivity contribution is 7.86. The van der Waals surface area contributed by atoms with Crippen molar-refractivity contribution in [3.8, 4) is 0 Å². The number of aliphatic carboxylic acids is 1. The molecule has 0 unspecified atom stereocenters. The van der Waals surface area contributed by atoms with E-state index in [4.69, 9.17) is 21.5 Å². The first-order valence-corrected chi connectivity index (χ1v) is 10.9. The molecule has 1 rings (SSSR count). The molecule has 168 valence electrons. The molecule has 1 amide bonds. The Morgan fingerprint density at radius 1 is 1.41 bits per heavy atom. The molecular formula is C15H32BN5O7S. The zero-order valence-electron chi connectivity index (χ0n) is 16.8. The van der Waals surface area contributed by atoms with E-state index in [9.17, 15) is 23.1 Å². The molecule has 12 nitrogen and oxygen atoms in total. The Hall–Kier alpha value is -1.29. The first kappa shape index (κ1) is 25.8. The standard InChI is InChI=1S/C15H32BN5O7S/c1-3-20(8-7-19-13(22)11(2)17)29(27,28)21-9-12(5-4-6-16(25)26)15(18,10-21)14(23)24/h11-12,25-26H,3-10,17-18H2,1-2H3,(H,19,22)(H,23,24)/t11-,12-,15-/m0/s1. The van der Waals surface area contributed by atoms with Crippen molar-refractivity contribution in [3.63, 3.8) is 0 Å². The summed E-state index contributed by atoms with van der Waals surface area (Å²) in [7, 11) is -5.52. The van der Waals surface area contributed by atoms with E-state index in [1.54, 1.807) is 6.92 Å². The number of carboxylic acids is 1. The second-order valence-corrected chi connectivity index (χ2v) is 9.25. The largest absolute Gasteiger partial charge is 0.480 e. The van der Waals surface area contributed by atoms with Crippen molar-refractivity contribution in [2.45, 2.75) is 44.6 Å². The smallest absolute Gasteiger partial charge is 0.451 e. The zero-order valence-corrected chi connectivity index (χ0v) is 17.6. The van der Waals surface area contributed by atoms with Crippen LogP contribution in [0.3, 0.4) is 0 Å². The van der Waals surface area contributed by atoms with Crippen molar-refractivity contribution in [1.29, 1.82) is 0 Å². The summed E-state index contributed by atoms with van der Waals surface area (Å²) in [5, 5.41) is 30.0. The number of nitrogens with two attached hydrogens (primary N) is 2. The van der Waals surface area contributed by atoms with Gasteiger partial charge >= 0.3 is 13.1 Å². The van der Waals surface area contributed by atoms with Gasteiger partial charge in [-0.3, -0.25) is 9.59 Å². The van der Waals surface area contributed by atoms with E-state index < -0.39 is 46.7 Å². The van der Waals surface area contributed by atoms with Gasteiger partial charge in [-0.1, -0.05) is 13.3 Å². The van der Waals surface area contributed by atoms with Crippen LogP contribution < -0.4 is 16.8 Å². The van der Waals surface area contributed by atoms with Gasteiger partial charge in [-0.05, 0) is 19.7 Å². The Morgan fingerprint density at radius 2 is 2.03 bits per heavy atom. The number of rotatable bonds is 12. The van der Waals surface area contributed by atoms with Gasteiger partial charge in [-0.2, -0.15) is 17.0 Å². The third kappa shape index (κ3) is 6.60. The molecule has 0 aromatic carbocycles. The topological polar surface area (TPSA) is 200 Å². The summed E-state index contributed by atoms with van der Waals surface area (Å²) in [4.78, 5) is 23.3. The third-order valence-electron chi connectivity index (χ3n) is 5.08. The lowest BCUT2D eigenvalue weighted by Gasteiger charge is -2.27. The number of carboxylic acid groups (broad SMARTS) is 1. The summed E-state index contributed by atoms with van der Waals surface area (Å²) < 4.78 is 28.2. The van der Waals surface area contributed by atoms with Crippen LogP contribution in [0.15, 0.2) is 0 Å². The van der Waals surface area contributed by atoms with Crippen molar-refractivity contribution in [2.75, 3.05) is 32.7 Å². The van der Waals surface area contributed by atoms with Gasteiger partial charge in [0.05, 0.1) is 6.04 Å². The SMILES string of the molecule is CCN(CCNC(=O)[C@H](C)N)S(=O)(=O)N1C[C@H](CCCB(O)O)[C@](N)(C(=O)O)C1. The minimum absolute atomic E-state index is 0.000191. The molecule has 1 fully saturated rings. The molecule has 8 N–H and O–H groups in total. The van der Waals surface area contributed by atoms with E-state index >= 15 is 0 Å². The lowest BCUT2D eigenvalue weighted by atomic mass is 9.78. The Kier molecular flexibility index (Phi) is 9.46. The molecule has 3 atom stereocenters. The number of likely N-dealkylation sites (N-methyl/N-ethyl adjacent to an activating group) is 1. The summed E-state index contributed by atoms with van der Waals surface area (Å²) in [6.45, 7) is 2.85. The van der Waals surface area contributed by atoms with E-state index in [0.29, 0.717) is 6.42 Å². The number of amides is 1. The van der Waals surface area contributed by atoms with Crippen molar-refractivity contribution in [1.82, 2.24) is 13.9 Å². The molecule has 0 spiro atoms. The Labute approximate surface area is 171 Å². The number of hydrogen-bond donors (Lipinski definition) is 6. The minimum atomic E-state index is -4.01. The molecule has 1 aliphatic rings. The lowest BCUT2D eigenvalue weighted by molar-refractivity contribution is -0.144.